The number of hydrogen-bond acceptors (Lipinski definition) is 9. The molecule has 0 aromatic rings. The predicted molar refractivity (Wildman–Crippen MR) is 135 cm³/mol. The van der Waals surface area contributed by atoms with Crippen molar-refractivity contribution in [1.82, 2.24) is 14.7 Å². The highest BCUT2D eigenvalue weighted by molar-refractivity contribution is 8.03. The van der Waals surface area contributed by atoms with E-state index in [1.807, 2.05) is 6.92 Å². The fraction of sp³-hybridized carbons (Fsp3) is 0.600. The minimum Gasteiger partial charge on any atom is -0.457 e. The van der Waals surface area contributed by atoms with Crippen LogP contribution in [0.1, 0.15) is 20.3 Å². The van der Waals surface area contributed by atoms with E-state index in [2.05, 4.69) is 13.2 Å². The smallest absolute Gasteiger partial charge is 0.410 e. The second-order valence-electron chi connectivity index (χ2n) is 9.57. The van der Waals surface area contributed by atoms with Gasteiger partial charge >= 0.3 is 12.1 Å². The molecule has 1 N–H and O–H groups in total. The van der Waals surface area contributed by atoms with Crippen molar-refractivity contribution in [3.63, 3.8) is 0 Å². The first-order valence-electron chi connectivity index (χ1n) is 11.9. The van der Waals surface area contributed by atoms with E-state index in [0.717, 1.165) is 0 Å². The third-order valence-corrected chi connectivity index (χ3v) is 8.09. The van der Waals surface area contributed by atoms with Crippen LogP contribution < -0.4 is 0 Å². The van der Waals surface area contributed by atoms with Gasteiger partial charge in [0, 0.05) is 22.6 Å². The zero-order valence-electron chi connectivity index (χ0n) is 21.2. The number of likely N-dealkylation sites (N-methyl/N-ethyl adjacent to an activating group) is 1. The lowest BCUT2D eigenvalue weighted by atomic mass is 9.79. The van der Waals surface area contributed by atoms with Crippen LogP contribution in [-0.2, 0) is 23.9 Å². The monoisotopic (exact) mass is 521 g/mol. The highest BCUT2D eigenvalue weighted by atomic mass is 32.2. The van der Waals surface area contributed by atoms with Crippen molar-refractivity contribution < 1.29 is 33.8 Å². The van der Waals surface area contributed by atoms with E-state index in [4.69, 9.17) is 9.47 Å². The van der Waals surface area contributed by atoms with Gasteiger partial charge in [-0.25, -0.2) is 9.59 Å². The molecular formula is C25H35N3O7S. The second kappa shape index (κ2) is 11.6. The fourth-order valence-electron chi connectivity index (χ4n) is 5.07. The van der Waals surface area contributed by atoms with Crippen LogP contribution in [0.3, 0.4) is 0 Å². The molecule has 11 heteroatoms. The molecule has 6 atom stereocenters. The number of thioether (sulfide) groups is 1. The van der Waals surface area contributed by atoms with Gasteiger partial charge in [0.15, 0.2) is 5.78 Å². The Balaban J connectivity index is 1.88. The van der Waals surface area contributed by atoms with E-state index in [9.17, 15) is 24.3 Å². The lowest BCUT2D eigenvalue weighted by molar-refractivity contribution is -0.164. The van der Waals surface area contributed by atoms with Crippen molar-refractivity contribution in [2.45, 2.75) is 43.7 Å². The molecular weight excluding hydrogens is 486 g/mol. The number of ketones is 1. The molecule has 2 fully saturated rings. The number of likely N-dealkylation sites (tertiary alicyclic amines) is 1. The van der Waals surface area contributed by atoms with Gasteiger partial charge in [-0.2, -0.15) is 0 Å². The van der Waals surface area contributed by atoms with Gasteiger partial charge in [-0.05, 0) is 27.4 Å². The third kappa shape index (κ3) is 5.37. The van der Waals surface area contributed by atoms with Gasteiger partial charge in [-0.1, -0.05) is 32.2 Å². The molecule has 2 saturated heterocycles. The number of Topliss-reactive ketones (excluding diaryl/α,β-unsaturated/α-hetero) is 1. The average Bonchev–Trinajstić information content (AvgIpc) is 3.33. The highest BCUT2D eigenvalue weighted by Gasteiger charge is 2.60. The maximum absolute atomic E-state index is 13.0. The number of aliphatic hydroxyl groups is 1. The summed E-state index contributed by atoms with van der Waals surface area (Å²) >= 11 is 1.38. The lowest BCUT2D eigenvalue weighted by Crippen LogP contribution is -2.63. The van der Waals surface area contributed by atoms with Crippen LogP contribution in [0, 0.1) is 11.8 Å². The molecule has 0 saturated carbocycles. The number of β-lactam (4-membered cyclic amide) rings is 1. The minimum atomic E-state index is -0.856. The minimum absolute atomic E-state index is 0.00531. The molecule has 0 aromatic heterocycles. The zero-order valence-corrected chi connectivity index (χ0v) is 22.0. The summed E-state index contributed by atoms with van der Waals surface area (Å²) in [4.78, 5) is 56.8. The van der Waals surface area contributed by atoms with E-state index in [1.165, 1.54) is 33.7 Å². The normalized spacial score (nSPS) is 28.1. The molecule has 3 aliphatic heterocycles. The fourth-order valence-corrected chi connectivity index (χ4v) is 6.59. The molecule has 36 heavy (non-hydrogen) atoms. The SMILES string of the molecule is C=CCOC(=O)C1=C(S[C@H]2C[C@@H](C(=O)CN(C)C)N(C(=O)OCC=C)C2)[C@H](C)[C@@H]2[C@@H]([C@@H](C)O)C(=O)N12. The first-order valence-corrected chi connectivity index (χ1v) is 12.8. The van der Waals surface area contributed by atoms with Crippen molar-refractivity contribution in [1.29, 1.82) is 0 Å². The number of aliphatic hydroxyl groups excluding tert-OH is 1. The van der Waals surface area contributed by atoms with Crippen molar-refractivity contribution in [3.05, 3.63) is 35.9 Å². The Kier molecular flexibility index (Phi) is 9.02. The van der Waals surface area contributed by atoms with Crippen LogP contribution in [0.5, 0.6) is 0 Å². The Morgan fingerprint density at radius 1 is 1.22 bits per heavy atom. The summed E-state index contributed by atoms with van der Waals surface area (Å²) in [6, 6.07) is -1.02. The highest BCUT2D eigenvalue weighted by Crippen LogP contribution is 2.52. The molecule has 2 amide bonds. The van der Waals surface area contributed by atoms with E-state index < -0.39 is 30.1 Å². The summed E-state index contributed by atoms with van der Waals surface area (Å²) in [6.07, 6.45) is 1.84. The predicted octanol–water partition coefficient (Wildman–Crippen LogP) is 1.41. The second-order valence-corrected chi connectivity index (χ2v) is 10.9. The van der Waals surface area contributed by atoms with Crippen LogP contribution in [0.2, 0.25) is 0 Å². The van der Waals surface area contributed by atoms with E-state index >= 15 is 0 Å². The van der Waals surface area contributed by atoms with Gasteiger partial charge in [0.05, 0.1) is 30.7 Å². The Bertz CT molecular complexity index is 963. The summed E-state index contributed by atoms with van der Waals surface area (Å²) in [5.41, 5.74) is 0.171. The number of rotatable bonds is 11. The van der Waals surface area contributed by atoms with Gasteiger partial charge in [-0.15, -0.1) is 11.8 Å². The van der Waals surface area contributed by atoms with E-state index in [0.29, 0.717) is 11.3 Å². The number of ether oxygens (including phenoxy) is 2. The van der Waals surface area contributed by atoms with Crippen LogP contribution in [0.15, 0.2) is 35.9 Å². The molecule has 198 valence electrons. The van der Waals surface area contributed by atoms with Gasteiger partial charge in [0.1, 0.15) is 18.9 Å². The Hall–Kier alpha value is -2.63. The van der Waals surface area contributed by atoms with Crippen molar-refractivity contribution in [3.8, 4) is 0 Å². The summed E-state index contributed by atoms with van der Waals surface area (Å²) < 4.78 is 10.5. The quantitative estimate of drug-likeness (QED) is 0.245. The number of carbonyl (C=O) groups excluding carboxylic acids is 4. The van der Waals surface area contributed by atoms with Crippen molar-refractivity contribution in [2.75, 3.05) is 40.4 Å². The first-order chi connectivity index (χ1) is 17.0. The third-order valence-electron chi connectivity index (χ3n) is 6.59. The Morgan fingerprint density at radius 3 is 2.44 bits per heavy atom. The zero-order chi connectivity index (χ0) is 26.7. The van der Waals surface area contributed by atoms with Crippen molar-refractivity contribution >= 4 is 35.5 Å². The Labute approximate surface area is 215 Å². The van der Waals surface area contributed by atoms with Gasteiger partial charge in [-0.3, -0.25) is 14.5 Å². The Morgan fingerprint density at radius 2 is 1.86 bits per heavy atom. The maximum Gasteiger partial charge on any atom is 0.410 e. The van der Waals surface area contributed by atoms with E-state index in [-0.39, 0.29) is 60.9 Å². The number of amides is 2. The summed E-state index contributed by atoms with van der Waals surface area (Å²) in [7, 11) is 3.57. The van der Waals surface area contributed by atoms with Crippen molar-refractivity contribution in [2.24, 2.45) is 11.8 Å². The van der Waals surface area contributed by atoms with Gasteiger partial charge in [0.2, 0.25) is 5.91 Å². The maximum atomic E-state index is 13.0. The molecule has 0 aromatic carbocycles. The largest absolute Gasteiger partial charge is 0.457 e. The molecule has 0 bridgehead atoms. The number of fused-ring (bicyclic) bond motifs is 1. The molecule has 0 spiro atoms. The summed E-state index contributed by atoms with van der Waals surface area (Å²) in [6.45, 7) is 11.0. The number of carbonyl (C=O) groups is 4. The number of esters is 1. The molecule has 3 rings (SSSR count). The lowest BCUT2D eigenvalue weighted by Gasteiger charge is -2.46. The van der Waals surface area contributed by atoms with E-state index in [1.54, 1.807) is 25.9 Å². The number of nitrogens with zero attached hydrogens (tertiary/aromatic N) is 3. The molecule has 3 heterocycles. The summed E-state index contributed by atoms with van der Waals surface area (Å²) in [5.74, 6) is -1.89. The van der Waals surface area contributed by atoms with Crippen LogP contribution in [0.25, 0.3) is 0 Å². The molecule has 10 nitrogen and oxygen atoms in total. The van der Waals surface area contributed by atoms with Crippen LogP contribution >= 0.6 is 11.8 Å². The molecule has 0 aliphatic carbocycles. The van der Waals surface area contributed by atoms with Gasteiger partial charge < -0.3 is 24.4 Å². The molecule has 0 radical (unpaired) electrons. The topological polar surface area (TPSA) is 117 Å². The van der Waals surface area contributed by atoms with Crippen LogP contribution in [-0.4, -0.2) is 107 Å². The number of hydrogen-bond donors (Lipinski definition) is 1. The molecule has 0 unspecified atom stereocenters. The molecule has 3 aliphatic rings. The van der Waals surface area contributed by atoms with Crippen LogP contribution in [0.4, 0.5) is 4.79 Å². The van der Waals surface area contributed by atoms with Gasteiger partial charge in [0.25, 0.3) is 0 Å². The first kappa shape index (κ1) is 27.9. The summed E-state index contributed by atoms with van der Waals surface area (Å²) in [5, 5.41) is 9.96. The average molecular weight is 522 g/mol. The standard InChI is InChI=1S/C25H35N3O7S/c1-7-9-34-24(32)21-22(14(3)20-19(15(4)29)23(31)28(20)21)36-16-11-17(18(30)13-26(5)6)27(12-16)25(33)35-10-8-2/h7-8,14-17,19-20,29H,1-2,9-13H2,3-6H3/t14-,15-,16+,17+,19-,20-/m1/s1.